The number of nitrogens with zero attached hydrogens (tertiary/aromatic N) is 2. The molecule has 2 unspecified atom stereocenters. The van der Waals surface area contributed by atoms with Crippen LogP contribution in [0.3, 0.4) is 0 Å². The number of carbonyl (C=O) groups is 1. The number of aromatic nitrogens is 1. The average Bonchev–Trinajstić information content (AvgIpc) is 2.73. The Kier molecular flexibility index (Phi) is 7.07. The Morgan fingerprint density at radius 2 is 1.94 bits per heavy atom. The fraction of sp³-hybridized carbons (Fsp3) is 0.368. The van der Waals surface area contributed by atoms with Gasteiger partial charge in [-0.25, -0.2) is 13.2 Å². The molecular weight excluding hydrogens is 457 g/mol. The van der Waals surface area contributed by atoms with Crippen molar-refractivity contribution in [3.8, 4) is 0 Å². The zero-order valence-corrected chi connectivity index (χ0v) is 17.7. The highest BCUT2D eigenvalue weighted by atomic mass is 35.5. The van der Waals surface area contributed by atoms with Crippen molar-refractivity contribution < 1.29 is 26.4 Å². The van der Waals surface area contributed by atoms with Gasteiger partial charge in [0.15, 0.2) is 0 Å². The molecule has 0 saturated carbocycles. The lowest BCUT2D eigenvalue weighted by Crippen LogP contribution is -2.49. The summed E-state index contributed by atoms with van der Waals surface area (Å²) in [4.78, 5) is 15.8. The maximum Gasteiger partial charge on any atom is 0.394 e. The van der Waals surface area contributed by atoms with E-state index in [2.05, 4.69) is 15.6 Å². The molecule has 12 heteroatoms. The van der Waals surface area contributed by atoms with Gasteiger partial charge in [-0.15, -0.1) is 11.6 Å². The summed E-state index contributed by atoms with van der Waals surface area (Å²) in [6, 6.07) is 8.24. The summed E-state index contributed by atoms with van der Waals surface area (Å²) < 4.78 is 65.8. The van der Waals surface area contributed by atoms with E-state index in [1.54, 1.807) is 24.5 Å². The van der Waals surface area contributed by atoms with Gasteiger partial charge in [-0.3, -0.25) is 4.98 Å². The Morgan fingerprint density at radius 3 is 2.55 bits per heavy atom. The molecule has 2 N–H and O–H groups in total. The van der Waals surface area contributed by atoms with Gasteiger partial charge < -0.3 is 10.6 Å². The van der Waals surface area contributed by atoms with Crippen LogP contribution in [-0.4, -0.2) is 48.4 Å². The molecule has 168 valence electrons. The number of piperidine rings is 1. The van der Waals surface area contributed by atoms with E-state index < -0.39 is 40.1 Å². The van der Waals surface area contributed by atoms with E-state index in [1.165, 1.54) is 24.3 Å². The van der Waals surface area contributed by atoms with E-state index in [0.717, 1.165) is 9.87 Å². The summed E-state index contributed by atoms with van der Waals surface area (Å²) in [5.74, 6) is -1.93. The topological polar surface area (TPSA) is 91.4 Å². The number of halogens is 4. The molecule has 1 aliphatic rings. The molecule has 1 saturated heterocycles. The lowest BCUT2D eigenvalue weighted by molar-refractivity contribution is -0.181. The normalized spacial score (nSPS) is 20.3. The van der Waals surface area contributed by atoms with Crippen molar-refractivity contribution in [3.63, 3.8) is 0 Å². The first kappa shape index (κ1) is 23.3. The second-order valence-electron chi connectivity index (χ2n) is 7.01. The van der Waals surface area contributed by atoms with E-state index in [1.807, 2.05) is 0 Å². The van der Waals surface area contributed by atoms with Crippen LogP contribution in [0.15, 0.2) is 53.7 Å². The van der Waals surface area contributed by atoms with Crippen molar-refractivity contribution in [1.29, 1.82) is 0 Å². The highest BCUT2D eigenvalue weighted by Crippen LogP contribution is 2.37. The summed E-state index contributed by atoms with van der Waals surface area (Å²) in [6.45, 7) is -0.570. The Bertz CT molecular complexity index is 1000. The fourth-order valence-corrected chi connectivity index (χ4v) is 4.94. The summed E-state index contributed by atoms with van der Waals surface area (Å²) >= 11 is 5.77. The van der Waals surface area contributed by atoms with Gasteiger partial charge in [0.1, 0.15) is 0 Å². The van der Waals surface area contributed by atoms with Crippen molar-refractivity contribution >= 4 is 33.3 Å². The number of pyridine rings is 1. The third-order valence-electron chi connectivity index (χ3n) is 4.84. The quantitative estimate of drug-likeness (QED) is 0.645. The minimum atomic E-state index is -4.59. The Morgan fingerprint density at radius 1 is 1.23 bits per heavy atom. The summed E-state index contributed by atoms with van der Waals surface area (Å²) in [5, 5.41) is 4.03. The molecule has 7 nitrogen and oxygen atoms in total. The number of amides is 2. The van der Waals surface area contributed by atoms with Crippen LogP contribution in [-0.2, 0) is 16.6 Å². The Balaban J connectivity index is 1.62. The molecule has 3 rings (SSSR count). The van der Waals surface area contributed by atoms with Gasteiger partial charge in [-0.2, -0.15) is 17.5 Å². The number of carbonyl (C=O) groups excluding carboxylic acids is 1. The number of rotatable bonds is 5. The fourth-order valence-electron chi connectivity index (χ4n) is 3.14. The van der Waals surface area contributed by atoms with Gasteiger partial charge in [-0.1, -0.05) is 6.07 Å². The molecule has 31 heavy (non-hydrogen) atoms. The predicted octanol–water partition coefficient (Wildman–Crippen LogP) is 3.58. The first-order valence-corrected chi connectivity index (χ1v) is 11.2. The summed E-state index contributed by atoms with van der Waals surface area (Å²) in [6.07, 6.45) is -1.46. The first-order chi connectivity index (χ1) is 14.6. The highest BCUT2D eigenvalue weighted by molar-refractivity contribution is 7.89. The lowest BCUT2D eigenvalue weighted by Gasteiger charge is -2.35. The second kappa shape index (κ2) is 9.41. The maximum atomic E-state index is 13.1. The van der Waals surface area contributed by atoms with Crippen LogP contribution in [0, 0.1) is 5.92 Å². The number of urea groups is 1. The van der Waals surface area contributed by atoms with E-state index in [0.29, 0.717) is 5.69 Å². The number of benzene rings is 1. The minimum Gasteiger partial charge on any atom is -0.334 e. The maximum absolute atomic E-state index is 13.1. The summed E-state index contributed by atoms with van der Waals surface area (Å²) in [5.41, 5.74) is 1.13. The highest BCUT2D eigenvalue weighted by Gasteiger charge is 2.49. The molecule has 1 fully saturated rings. The number of alkyl halides is 4. The standard InChI is InChI=1S/C19H20ClF3N4O3S/c20-17-7-9-27(12-16(17)19(21,22)23)31(29,30)15-5-3-14(4-6-15)26-18(28)25-11-13-2-1-8-24-10-13/h1-6,8,10,16-17H,7,9,11-12H2,(H2,25,26,28). The zero-order chi connectivity index (χ0) is 22.6. The number of anilines is 1. The smallest absolute Gasteiger partial charge is 0.334 e. The number of nitrogens with one attached hydrogen (secondary N) is 2. The van der Waals surface area contributed by atoms with Crippen LogP contribution in [0.2, 0.25) is 0 Å². The van der Waals surface area contributed by atoms with E-state index in [4.69, 9.17) is 11.6 Å². The second-order valence-corrected chi connectivity index (χ2v) is 9.51. The molecule has 2 amide bonds. The molecule has 2 heterocycles. The van der Waals surface area contributed by atoms with Crippen molar-refractivity contribution in [1.82, 2.24) is 14.6 Å². The number of hydrogen-bond donors (Lipinski definition) is 2. The molecule has 0 spiro atoms. The van der Waals surface area contributed by atoms with Crippen LogP contribution >= 0.6 is 11.6 Å². The van der Waals surface area contributed by atoms with Crippen LogP contribution in [0.1, 0.15) is 12.0 Å². The van der Waals surface area contributed by atoms with E-state index >= 15 is 0 Å². The van der Waals surface area contributed by atoms with Gasteiger partial charge in [-0.05, 0) is 42.3 Å². The van der Waals surface area contributed by atoms with Gasteiger partial charge in [0.2, 0.25) is 10.0 Å². The molecule has 1 aromatic carbocycles. The molecule has 1 aliphatic heterocycles. The molecular formula is C19H20ClF3N4O3S. The number of sulfonamides is 1. The van der Waals surface area contributed by atoms with Gasteiger partial charge in [0, 0.05) is 43.1 Å². The van der Waals surface area contributed by atoms with Crippen LogP contribution in [0.4, 0.5) is 23.7 Å². The molecule has 2 atom stereocenters. The largest absolute Gasteiger partial charge is 0.394 e. The third-order valence-corrected chi connectivity index (χ3v) is 7.24. The molecule has 0 bridgehead atoms. The SMILES string of the molecule is O=C(NCc1cccnc1)Nc1ccc(S(=O)(=O)N2CCC(Cl)C(C(F)(F)F)C2)cc1. The summed E-state index contributed by atoms with van der Waals surface area (Å²) in [7, 11) is -4.13. The van der Waals surface area contributed by atoms with Gasteiger partial charge in [0.25, 0.3) is 0 Å². The molecule has 2 aromatic rings. The van der Waals surface area contributed by atoms with Gasteiger partial charge in [0.05, 0.1) is 10.8 Å². The van der Waals surface area contributed by atoms with Crippen molar-refractivity contribution in [2.75, 3.05) is 18.4 Å². The Hall–Kier alpha value is -2.37. The van der Waals surface area contributed by atoms with E-state index in [9.17, 15) is 26.4 Å². The predicted molar refractivity (Wildman–Crippen MR) is 109 cm³/mol. The van der Waals surface area contributed by atoms with Crippen LogP contribution < -0.4 is 10.6 Å². The number of hydrogen-bond acceptors (Lipinski definition) is 4. The zero-order valence-electron chi connectivity index (χ0n) is 16.1. The molecule has 0 radical (unpaired) electrons. The Labute approximate surface area is 182 Å². The lowest BCUT2D eigenvalue weighted by atomic mass is 9.98. The van der Waals surface area contributed by atoms with Crippen LogP contribution in [0.5, 0.6) is 0 Å². The van der Waals surface area contributed by atoms with Gasteiger partial charge >= 0.3 is 12.2 Å². The average molecular weight is 477 g/mol. The van der Waals surface area contributed by atoms with E-state index in [-0.39, 0.29) is 24.4 Å². The monoisotopic (exact) mass is 476 g/mol. The van der Waals surface area contributed by atoms with Crippen molar-refractivity contribution in [2.45, 2.75) is 29.4 Å². The minimum absolute atomic E-state index is 0.0955. The van der Waals surface area contributed by atoms with Crippen molar-refractivity contribution in [3.05, 3.63) is 54.4 Å². The molecule has 0 aliphatic carbocycles. The van der Waals surface area contributed by atoms with Crippen LogP contribution in [0.25, 0.3) is 0 Å². The molecule has 1 aromatic heterocycles. The van der Waals surface area contributed by atoms with Crippen molar-refractivity contribution in [2.24, 2.45) is 5.92 Å². The first-order valence-electron chi connectivity index (χ1n) is 9.32. The third kappa shape index (κ3) is 5.86.